The van der Waals surface area contributed by atoms with E-state index in [0.29, 0.717) is 28.4 Å². The molecule has 11 nitrogen and oxygen atoms in total. The van der Waals surface area contributed by atoms with E-state index in [9.17, 15) is 39.9 Å². The molecule has 7 aliphatic rings. The standard InChI is InChI=1S/C38H49N3O8S/c1-14(2)26-30(44)25(33(39)47)31(45)38(49)32(46)27-29(43)24-20(15(3)36(27,4)34(48)37(26,38)5)6-7-21(28(24)42)40-35-41-22(13-50-35)23-18-9-16-8-17(11-18)12-19(23)10-16/h6-7,13-19,23,25-27,30,32,34,42,44,46,48-49H,8-12H2,1-5H3,(H2,39,47)(H,40,41)/t15-,16?,17?,18?,19?,23?,25-,26+,27-,30?,32?,34-,36+,37+,38+/m1/s1. The van der Waals surface area contributed by atoms with Crippen LogP contribution in [0.25, 0.3) is 0 Å². The Morgan fingerprint density at radius 2 is 1.66 bits per heavy atom. The molecule has 8 N–H and O–H groups in total. The molecule has 0 radical (unpaired) electrons. The first-order valence-electron chi connectivity index (χ1n) is 18.2. The Hall–Kier alpha value is -2.90. The Labute approximate surface area is 295 Å². The van der Waals surface area contributed by atoms with Gasteiger partial charge in [-0.15, -0.1) is 11.3 Å². The molecule has 1 amide bonds. The minimum absolute atomic E-state index is 0.0728. The van der Waals surface area contributed by atoms with Crippen LogP contribution in [0.5, 0.6) is 5.75 Å². The van der Waals surface area contributed by atoms with Crippen LogP contribution in [0.1, 0.15) is 100 Å². The largest absolute Gasteiger partial charge is 0.505 e. The quantitative estimate of drug-likeness (QED) is 0.177. The van der Waals surface area contributed by atoms with E-state index in [1.807, 2.05) is 0 Å². The van der Waals surface area contributed by atoms with Crippen molar-refractivity contribution in [3.63, 3.8) is 0 Å². The van der Waals surface area contributed by atoms with Crippen LogP contribution in [0.3, 0.4) is 0 Å². The molecule has 0 saturated heterocycles. The number of nitrogens with one attached hydrogen (secondary N) is 1. The van der Waals surface area contributed by atoms with Crippen molar-refractivity contribution in [2.45, 2.75) is 102 Å². The highest BCUT2D eigenvalue weighted by Gasteiger charge is 2.80. The van der Waals surface area contributed by atoms with Gasteiger partial charge in [0.25, 0.3) is 0 Å². The molecule has 10 atom stereocenters. The van der Waals surface area contributed by atoms with Crippen molar-refractivity contribution in [3.8, 4) is 5.75 Å². The van der Waals surface area contributed by atoms with Gasteiger partial charge in [-0.25, -0.2) is 4.98 Å². The van der Waals surface area contributed by atoms with Crippen LogP contribution in [0.4, 0.5) is 10.8 Å². The fraction of sp³-hybridized carbons (Fsp3) is 0.684. The lowest BCUT2D eigenvalue weighted by molar-refractivity contribution is -0.306. The highest BCUT2D eigenvalue weighted by Crippen LogP contribution is 2.68. The van der Waals surface area contributed by atoms with Crippen molar-refractivity contribution in [2.24, 2.45) is 63.9 Å². The summed E-state index contributed by atoms with van der Waals surface area (Å²) in [5.41, 5.74) is 1.11. The average Bonchev–Trinajstić information content (AvgIpc) is 3.49. The van der Waals surface area contributed by atoms with E-state index in [4.69, 9.17) is 10.7 Å². The number of phenols is 1. The number of benzene rings is 1. The number of aliphatic hydroxyl groups excluding tert-OH is 3. The highest BCUT2D eigenvalue weighted by molar-refractivity contribution is 7.13. The summed E-state index contributed by atoms with van der Waals surface area (Å²) in [7, 11) is 0. The van der Waals surface area contributed by atoms with Crippen LogP contribution in [0.15, 0.2) is 17.5 Å². The van der Waals surface area contributed by atoms with Crippen molar-refractivity contribution in [2.75, 3.05) is 5.32 Å². The third-order valence-corrected chi connectivity index (χ3v) is 15.7. The number of thiazole rings is 1. The number of rotatable bonds is 5. The monoisotopic (exact) mass is 707 g/mol. The van der Waals surface area contributed by atoms with Gasteiger partial charge in [0.2, 0.25) is 5.91 Å². The molecular weight excluding hydrogens is 658 g/mol. The van der Waals surface area contributed by atoms with Crippen molar-refractivity contribution in [1.82, 2.24) is 4.98 Å². The number of nitrogens with zero attached hydrogens (tertiary/aromatic N) is 1. The van der Waals surface area contributed by atoms with E-state index < -0.39 is 81.8 Å². The Balaban J connectivity index is 1.17. The van der Waals surface area contributed by atoms with Crippen molar-refractivity contribution < 1.29 is 39.9 Å². The predicted molar refractivity (Wildman–Crippen MR) is 185 cm³/mol. The van der Waals surface area contributed by atoms with Crippen LogP contribution in [0.2, 0.25) is 0 Å². The lowest BCUT2D eigenvalue weighted by Gasteiger charge is -2.69. The summed E-state index contributed by atoms with van der Waals surface area (Å²) in [6.07, 6.45) is 1.11. The summed E-state index contributed by atoms with van der Waals surface area (Å²) >= 11 is 1.45. The summed E-state index contributed by atoms with van der Waals surface area (Å²) in [4.78, 5) is 46.2. The van der Waals surface area contributed by atoms with Gasteiger partial charge in [-0.3, -0.25) is 14.4 Å². The minimum atomic E-state index is -2.82. The van der Waals surface area contributed by atoms with Gasteiger partial charge in [-0.2, -0.15) is 0 Å². The smallest absolute Gasteiger partial charge is 0.230 e. The third kappa shape index (κ3) is 4.11. The average molecular weight is 708 g/mol. The molecule has 2 aromatic rings. The van der Waals surface area contributed by atoms with Gasteiger partial charge in [-0.1, -0.05) is 40.7 Å². The van der Waals surface area contributed by atoms with Crippen LogP contribution in [-0.4, -0.2) is 71.9 Å². The topological polar surface area (TPSA) is 203 Å². The number of aliphatic hydroxyl groups is 4. The van der Waals surface area contributed by atoms with Gasteiger partial charge in [-0.05, 0) is 85.2 Å². The normalized spacial score (nSPS) is 46.0. The van der Waals surface area contributed by atoms with E-state index in [1.54, 1.807) is 39.8 Å². The predicted octanol–water partition coefficient (Wildman–Crippen LogP) is 3.84. The molecule has 6 fully saturated rings. The molecule has 6 saturated carbocycles. The molecule has 50 heavy (non-hydrogen) atoms. The van der Waals surface area contributed by atoms with Crippen molar-refractivity contribution >= 4 is 39.6 Å². The maximum absolute atomic E-state index is 14.6. The molecule has 0 aliphatic heterocycles. The molecule has 9 rings (SSSR count). The second kappa shape index (κ2) is 11.1. The molecule has 1 heterocycles. The number of nitrogens with two attached hydrogens (primary N) is 1. The Morgan fingerprint density at radius 1 is 1.04 bits per heavy atom. The number of carbonyl (C=O) groups excluding carboxylic acids is 3. The van der Waals surface area contributed by atoms with Gasteiger partial charge in [0, 0.05) is 22.1 Å². The molecular formula is C38H49N3O8S. The number of aromatic hydroxyl groups is 1. The molecule has 4 bridgehead atoms. The second-order valence-electron chi connectivity index (χ2n) is 17.4. The zero-order valence-electron chi connectivity index (χ0n) is 29.2. The number of phenolic OH excluding ortho intramolecular Hbond substituents is 1. The van der Waals surface area contributed by atoms with Crippen LogP contribution in [0, 0.1) is 58.2 Å². The number of hydrogen-bond acceptors (Lipinski definition) is 11. The Bertz CT molecular complexity index is 1770. The Kier molecular flexibility index (Phi) is 7.56. The van der Waals surface area contributed by atoms with Gasteiger partial charge in [0.1, 0.15) is 17.8 Å². The lowest BCUT2D eigenvalue weighted by Crippen LogP contribution is -2.83. The molecule has 0 spiro atoms. The molecule has 2 unspecified atom stereocenters. The second-order valence-corrected chi connectivity index (χ2v) is 18.3. The van der Waals surface area contributed by atoms with Crippen molar-refractivity contribution in [1.29, 1.82) is 0 Å². The first kappa shape index (κ1) is 34.2. The van der Waals surface area contributed by atoms with Gasteiger partial charge in [0.05, 0.1) is 35.1 Å². The Morgan fingerprint density at radius 3 is 2.24 bits per heavy atom. The van der Waals surface area contributed by atoms with Gasteiger partial charge in [0.15, 0.2) is 22.3 Å². The molecule has 7 aliphatic carbocycles. The number of fused-ring (bicyclic) bond motifs is 3. The van der Waals surface area contributed by atoms with Gasteiger partial charge >= 0.3 is 0 Å². The van der Waals surface area contributed by atoms with E-state index >= 15 is 0 Å². The molecule has 1 aromatic heterocycles. The van der Waals surface area contributed by atoms with Gasteiger partial charge < -0.3 is 36.6 Å². The summed E-state index contributed by atoms with van der Waals surface area (Å²) in [5.74, 6) is -5.65. The number of anilines is 2. The summed E-state index contributed by atoms with van der Waals surface area (Å²) in [5, 5.41) is 66.0. The van der Waals surface area contributed by atoms with Crippen molar-refractivity contribution in [3.05, 3.63) is 34.3 Å². The fourth-order valence-corrected chi connectivity index (χ4v) is 13.6. The summed E-state index contributed by atoms with van der Waals surface area (Å²) in [6, 6.07) is 3.40. The first-order chi connectivity index (χ1) is 23.5. The maximum Gasteiger partial charge on any atom is 0.230 e. The molecule has 12 heteroatoms. The number of aromatic nitrogens is 1. The maximum atomic E-state index is 14.6. The van der Waals surface area contributed by atoms with E-state index in [1.165, 1.54) is 50.4 Å². The van der Waals surface area contributed by atoms with Crippen LogP contribution in [-0.2, 0) is 9.59 Å². The molecule has 270 valence electrons. The summed E-state index contributed by atoms with van der Waals surface area (Å²) < 4.78 is 0. The minimum Gasteiger partial charge on any atom is -0.505 e. The number of primary amides is 1. The number of hydrogen-bond donors (Lipinski definition) is 7. The zero-order valence-corrected chi connectivity index (χ0v) is 30.0. The lowest BCUT2D eigenvalue weighted by atomic mass is 9.36. The fourth-order valence-electron chi connectivity index (χ4n) is 12.9. The first-order valence-corrected chi connectivity index (χ1v) is 19.1. The number of ketones is 2. The SMILES string of the molecule is CC(C)[C@H]1C(O)[C@@H](C(N)=O)C(=O)[C@]2(O)C(O)[C@H]3C(=O)c4c(ccc(Nc5nc(C6C7CC8CC(C7)CC6C8)cs5)c4O)[C@@H](C)[C@]3(C)[C@@H](O)[C@]12C. The third-order valence-electron chi connectivity index (χ3n) is 14.9. The number of carbonyl (C=O) groups is 3. The number of Topliss-reactive ketones (excluding diaryl/α,β-unsaturated/α-hetero) is 2. The van der Waals surface area contributed by atoms with E-state index in [2.05, 4.69) is 10.7 Å². The highest BCUT2D eigenvalue weighted by atomic mass is 32.1. The van der Waals surface area contributed by atoms with Crippen LogP contribution >= 0.6 is 11.3 Å². The van der Waals surface area contributed by atoms with E-state index in [-0.39, 0.29) is 17.0 Å². The van der Waals surface area contributed by atoms with E-state index in [0.717, 1.165) is 17.5 Å². The molecule has 1 aromatic carbocycles. The van der Waals surface area contributed by atoms with Crippen LogP contribution < -0.4 is 11.1 Å². The summed E-state index contributed by atoms with van der Waals surface area (Å²) in [6.45, 7) is 8.32. The number of amides is 1. The zero-order chi connectivity index (χ0) is 36.0.